The maximum atomic E-state index is 12.6. The van der Waals surface area contributed by atoms with Gasteiger partial charge < -0.3 is 14.4 Å². The van der Waals surface area contributed by atoms with Gasteiger partial charge in [-0.25, -0.2) is 4.79 Å². The lowest BCUT2D eigenvalue weighted by Gasteiger charge is -2.21. The van der Waals surface area contributed by atoms with Gasteiger partial charge in [-0.2, -0.15) is 0 Å². The summed E-state index contributed by atoms with van der Waals surface area (Å²) in [7, 11) is 0. The van der Waals surface area contributed by atoms with Crippen molar-refractivity contribution >= 4 is 17.6 Å². The molecule has 1 atom stereocenters. The van der Waals surface area contributed by atoms with Crippen LogP contribution in [0.15, 0.2) is 42.5 Å². The molecule has 0 fully saturated rings. The van der Waals surface area contributed by atoms with Gasteiger partial charge in [0, 0.05) is 12.2 Å². The van der Waals surface area contributed by atoms with E-state index in [1.165, 1.54) is 0 Å². The Bertz CT molecular complexity index is 831. The molecule has 1 aliphatic heterocycles. The minimum atomic E-state index is -0.851. The second-order valence-corrected chi connectivity index (χ2v) is 6.56. The van der Waals surface area contributed by atoms with Crippen molar-refractivity contribution in [3.05, 3.63) is 59.2 Å². The number of anilines is 1. The molecule has 26 heavy (non-hydrogen) atoms. The van der Waals surface area contributed by atoms with Gasteiger partial charge in [0.25, 0.3) is 5.91 Å². The molecule has 1 amide bonds. The van der Waals surface area contributed by atoms with Crippen molar-refractivity contribution in [2.24, 2.45) is 0 Å². The van der Waals surface area contributed by atoms with Gasteiger partial charge in [-0.3, -0.25) is 4.79 Å². The van der Waals surface area contributed by atoms with E-state index < -0.39 is 12.1 Å². The van der Waals surface area contributed by atoms with Gasteiger partial charge in [0.1, 0.15) is 5.75 Å². The molecule has 2 aromatic rings. The Hall–Kier alpha value is -2.82. The van der Waals surface area contributed by atoms with Crippen LogP contribution in [0.2, 0.25) is 0 Å². The number of benzene rings is 2. The zero-order valence-electron chi connectivity index (χ0n) is 15.3. The summed E-state index contributed by atoms with van der Waals surface area (Å²) in [6.07, 6.45) is -0.0333. The van der Waals surface area contributed by atoms with Gasteiger partial charge in [-0.05, 0) is 56.0 Å². The summed E-state index contributed by atoms with van der Waals surface area (Å²) in [4.78, 5) is 26.4. The van der Waals surface area contributed by atoms with Crippen LogP contribution in [0.25, 0.3) is 0 Å². The van der Waals surface area contributed by atoms with E-state index in [0.29, 0.717) is 12.3 Å². The van der Waals surface area contributed by atoms with Crippen molar-refractivity contribution in [1.29, 1.82) is 0 Å². The maximum absolute atomic E-state index is 12.6. The van der Waals surface area contributed by atoms with Gasteiger partial charge in [0.2, 0.25) is 0 Å². The molecule has 0 spiro atoms. The van der Waals surface area contributed by atoms with Gasteiger partial charge in [0.15, 0.2) is 12.7 Å². The lowest BCUT2D eigenvalue weighted by molar-refractivity contribution is -0.155. The number of hydrogen-bond acceptors (Lipinski definition) is 4. The summed E-state index contributed by atoms with van der Waals surface area (Å²) >= 11 is 0. The van der Waals surface area contributed by atoms with Crippen LogP contribution in [0.3, 0.4) is 0 Å². The Morgan fingerprint density at radius 1 is 1.15 bits per heavy atom. The molecule has 5 heteroatoms. The number of carbonyl (C=O) groups excluding carboxylic acids is 2. The van der Waals surface area contributed by atoms with Gasteiger partial charge >= 0.3 is 5.97 Å². The number of para-hydroxylation sites is 1. The number of carbonyl (C=O) groups is 2. The molecule has 136 valence electrons. The van der Waals surface area contributed by atoms with Crippen molar-refractivity contribution in [3.8, 4) is 5.75 Å². The molecule has 0 aliphatic carbocycles. The normalized spacial score (nSPS) is 13.9. The monoisotopic (exact) mass is 353 g/mol. The summed E-state index contributed by atoms with van der Waals surface area (Å²) in [6.45, 7) is 5.85. The predicted octanol–water partition coefficient (Wildman–Crippen LogP) is 3.20. The average molecular weight is 353 g/mol. The van der Waals surface area contributed by atoms with Crippen LogP contribution in [0.1, 0.15) is 23.6 Å². The summed E-state index contributed by atoms with van der Waals surface area (Å²) in [6, 6.07) is 13.6. The van der Waals surface area contributed by atoms with E-state index in [0.717, 1.165) is 28.8 Å². The largest absolute Gasteiger partial charge is 0.482 e. The Morgan fingerprint density at radius 3 is 2.73 bits per heavy atom. The summed E-state index contributed by atoms with van der Waals surface area (Å²) in [5.74, 6) is -0.122. The van der Waals surface area contributed by atoms with E-state index in [4.69, 9.17) is 9.47 Å². The number of ether oxygens (including phenoxy) is 2. The number of hydrogen-bond donors (Lipinski definition) is 0. The topological polar surface area (TPSA) is 55.8 Å². The average Bonchev–Trinajstić information content (AvgIpc) is 3.05. The molecule has 0 unspecified atom stereocenters. The fourth-order valence-corrected chi connectivity index (χ4v) is 3.07. The smallest absolute Gasteiger partial charge is 0.344 e. The molecule has 3 rings (SSSR count). The molecule has 0 bridgehead atoms. The Morgan fingerprint density at radius 2 is 1.92 bits per heavy atom. The van der Waals surface area contributed by atoms with E-state index in [9.17, 15) is 9.59 Å². The first kappa shape index (κ1) is 18.0. The van der Waals surface area contributed by atoms with E-state index in [-0.39, 0.29) is 12.5 Å². The van der Waals surface area contributed by atoms with Crippen LogP contribution in [0.5, 0.6) is 5.75 Å². The Labute approximate surface area is 153 Å². The van der Waals surface area contributed by atoms with Crippen LogP contribution >= 0.6 is 0 Å². The fraction of sp³-hybridized carbons (Fsp3) is 0.333. The van der Waals surface area contributed by atoms with Gasteiger partial charge in [-0.1, -0.05) is 30.3 Å². The molecule has 0 aromatic heterocycles. The van der Waals surface area contributed by atoms with Crippen molar-refractivity contribution in [2.45, 2.75) is 33.3 Å². The van der Waals surface area contributed by atoms with E-state index in [1.54, 1.807) is 11.8 Å². The van der Waals surface area contributed by atoms with Crippen molar-refractivity contribution < 1.29 is 19.1 Å². The number of aryl methyl sites for hydroxylation is 2. The molecule has 2 aromatic carbocycles. The number of fused-ring (bicyclic) bond motifs is 1. The third kappa shape index (κ3) is 3.87. The molecule has 5 nitrogen and oxygen atoms in total. The highest BCUT2D eigenvalue weighted by atomic mass is 16.6. The Kier molecular flexibility index (Phi) is 5.26. The SMILES string of the molecule is Cc1ccc(C)c(OCC(=O)O[C@@H](C)C(=O)N2CCc3ccccc32)c1. The van der Waals surface area contributed by atoms with E-state index in [2.05, 4.69) is 0 Å². The number of nitrogens with zero attached hydrogens (tertiary/aromatic N) is 1. The highest BCUT2D eigenvalue weighted by Crippen LogP contribution is 2.28. The fourth-order valence-electron chi connectivity index (χ4n) is 3.07. The second kappa shape index (κ2) is 7.60. The molecule has 0 saturated carbocycles. The highest BCUT2D eigenvalue weighted by molar-refractivity contribution is 5.99. The minimum Gasteiger partial charge on any atom is -0.482 e. The van der Waals surface area contributed by atoms with Crippen molar-refractivity contribution in [2.75, 3.05) is 18.1 Å². The lowest BCUT2D eigenvalue weighted by atomic mass is 10.1. The molecular formula is C21H23NO4. The van der Waals surface area contributed by atoms with Crippen LogP contribution in [0, 0.1) is 13.8 Å². The van der Waals surface area contributed by atoms with E-state index >= 15 is 0 Å². The first-order valence-corrected chi connectivity index (χ1v) is 8.74. The zero-order chi connectivity index (χ0) is 18.7. The number of rotatable bonds is 5. The number of amides is 1. The van der Waals surface area contributed by atoms with Crippen LogP contribution in [-0.4, -0.2) is 31.1 Å². The molecule has 0 saturated heterocycles. The van der Waals surface area contributed by atoms with Crippen LogP contribution in [-0.2, 0) is 20.7 Å². The molecule has 1 aliphatic rings. The molecule has 1 heterocycles. The van der Waals surface area contributed by atoms with Gasteiger partial charge in [0.05, 0.1) is 0 Å². The second-order valence-electron chi connectivity index (χ2n) is 6.56. The highest BCUT2D eigenvalue weighted by Gasteiger charge is 2.29. The lowest BCUT2D eigenvalue weighted by Crippen LogP contribution is -2.39. The molecule has 0 radical (unpaired) electrons. The minimum absolute atomic E-state index is 0.213. The first-order valence-electron chi connectivity index (χ1n) is 8.74. The third-order valence-electron chi connectivity index (χ3n) is 4.50. The maximum Gasteiger partial charge on any atom is 0.344 e. The third-order valence-corrected chi connectivity index (χ3v) is 4.50. The predicted molar refractivity (Wildman–Crippen MR) is 99.5 cm³/mol. The summed E-state index contributed by atoms with van der Waals surface area (Å²) in [5, 5.41) is 0. The first-order chi connectivity index (χ1) is 12.5. The number of esters is 1. The summed E-state index contributed by atoms with van der Waals surface area (Å²) < 4.78 is 10.8. The quantitative estimate of drug-likeness (QED) is 0.775. The molecular weight excluding hydrogens is 330 g/mol. The Balaban J connectivity index is 1.56. The van der Waals surface area contributed by atoms with Crippen LogP contribution in [0.4, 0.5) is 5.69 Å². The van der Waals surface area contributed by atoms with Crippen molar-refractivity contribution in [3.63, 3.8) is 0 Å². The van der Waals surface area contributed by atoms with E-state index in [1.807, 2.05) is 56.3 Å². The van der Waals surface area contributed by atoms with Crippen LogP contribution < -0.4 is 9.64 Å². The van der Waals surface area contributed by atoms with Gasteiger partial charge in [-0.15, -0.1) is 0 Å². The zero-order valence-corrected chi connectivity index (χ0v) is 15.3. The van der Waals surface area contributed by atoms with Crippen molar-refractivity contribution in [1.82, 2.24) is 0 Å². The standard InChI is InChI=1S/C21H23NO4/c1-14-8-9-15(2)19(12-14)25-13-20(23)26-16(3)21(24)22-11-10-17-6-4-5-7-18(17)22/h4-9,12,16H,10-11,13H2,1-3H3/t16-/m0/s1. The summed E-state index contributed by atoms with van der Waals surface area (Å²) in [5.41, 5.74) is 4.03. The molecule has 0 N–H and O–H groups in total.